The average Bonchev–Trinajstić information content (AvgIpc) is 2.28. The first-order chi connectivity index (χ1) is 7.68. The predicted molar refractivity (Wildman–Crippen MR) is 66.5 cm³/mol. The molecular weight excluding hydrogens is 200 g/mol. The van der Waals surface area contributed by atoms with Crippen LogP contribution in [-0.2, 0) is 0 Å². The van der Waals surface area contributed by atoms with Gasteiger partial charge in [-0.15, -0.1) is 0 Å². The minimum absolute atomic E-state index is 0.428. The van der Waals surface area contributed by atoms with Crippen LogP contribution in [0, 0.1) is 5.92 Å². The Morgan fingerprint density at radius 1 is 1.31 bits per heavy atom. The molecule has 1 aliphatic carbocycles. The van der Waals surface area contributed by atoms with E-state index in [1.54, 1.807) is 0 Å². The highest BCUT2D eigenvalue weighted by atomic mass is 16.3. The van der Waals surface area contributed by atoms with Crippen molar-refractivity contribution in [3.05, 3.63) is 0 Å². The Labute approximate surface area is 99.0 Å². The van der Waals surface area contributed by atoms with Crippen LogP contribution in [0.25, 0.3) is 0 Å². The SMILES string of the molecule is CC1CCCC(O)(CNC2CCNCC2)C1. The summed E-state index contributed by atoms with van der Waals surface area (Å²) in [4.78, 5) is 0. The van der Waals surface area contributed by atoms with E-state index < -0.39 is 5.60 Å². The van der Waals surface area contributed by atoms with Gasteiger partial charge >= 0.3 is 0 Å². The lowest BCUT2D eigenvalue weighted by Crippen LogP contribution is -2.49. The first kappa shape index (κ1) is 12.3. The molecule has 0 aromatic heterocycles. The molecule has 2 aliphatic rings. The number of nitrogens with one attached hydrogen (secondary N) is 2. The van der Waals surface area contributed by atoms with Crippen LogP contribution in [0.4, 0.5) is 0 Å². The first-order valence-electron chi connectivity index (χ1n) is 6.84. The molecule has 0 radical (unpaired) electrons. The van der Waals surface area contributed by atoms with Crippen molar-refractivity contribution in [1.29, 1.82) is 0 Å². The van der Waals surface area contributed by atoms with Crippen molar-refractivity contribution in [3.63, 3.8) is 0 Å². The molecule has 2 atom stereocenters. The van der Waals surface area contributed by atoms with Crippen molar-refractivity contribution in [2.24, 2.45) is 5.92 Å². The van der Waals surface area contributed by atoms with Gasteiger partial charge in [0, 0.05) is 12.6 Å². The molecular formula is C13H26N2O. The highest BCUT2D eigenvalue weighted by molar-refractivity contribution is 4.88. The maximum Gasteiger partial charge on any atom is 0.0774 e. The molecule has 94 valence electrons. The second kappa shape index (κ2) is 5.48. The lowest BCUT2D eigenvalue weighted by Gasteiger charge is -2.37. The summed E-state index contributed by atoms with van der Waals surface area (Å²) >= 11 is 0. The maximum absolute atomic E-state index is 10.5. The Balaban J connectivity index is 1.74. The Morgan fingerprint density at radius 2 is 2.06 bits per heavy atom. The molecule has 2 unspecified atom stereocenters. The van der Waals surface area contributed by atoms with E-state index in [1.165, 1.54) is 25.7 Å². The van der Waals surface area contributed by atoms with E-state index in [0.29, 0.717) is 12.0 Å². The summed E-state index contributed by atoms with van der Waals surface area (Å²) in [6.45, 7) is 5.29. The van der Waals surface area contributed by atoms with E-state index in [1.807, 2.05) is 0 Å². The lowest BCUT2D eigenvalue weighted by atomic mass is 9.79. The predicted octanol–water partition coefficient (Wildman–Crippen LogP) is 1.27. The molecule has 3 heteroatoms. The van der Waals surface area contributed by atoms with Crippen LogP contribution in [0.2, 0.25) is 0 Å². The molecule has 3 N–H and O–H groups in total. The third-order valence-electron chi connectivity index (χ3n) is 4.13. The smallest absolute Gasteiger partial charge is 0.0774 e. The number of hydrogen-bond donors (Lipinski definition) is 3. The second-order valence-corrected chi connectivity index (χ2v) is 5.83. The van der Waals surface area contributed by atoms with Crippen molar-refractivity contribution in [1.82, 2.24) is 10.6 Å². The number of hydrogen-bond acceptors (Lipinski definition) is 3. The second-order valence-electron chi connectivity index (χ2n) is 5.83. The van der Waals surface area contributed by atoms with Crippen LogP contribution in [0.1, 0.15) is 45.4 Å². The summed E-state index contributed by atoms with van der Waals surface area (Å²) in [6, 6.07) is 0.613. The number of piperidine rings is 1. The average molecular weight is 226 g/mol. The Bertz CT molecular complexity index is 216. The minimum Gasteiger partial charge on any atom is -0.389 e. The topological polar surface area (TPSA) is 44.3 Å². The molecule has 16 heavy (non-hydrogen) atoms. The van der Waals surface area contributed by atoms with Crippen LogP contribution in [0.3, 0.4) is 0 Å². The molecule has 1 heterocycles. The van der Waals surface area contributed by atoms with Gasteiger partial charge in [-0.1, -0.05) is 19.8 Å². The van der Waals surface area contributed by atoms with Gasteiger partial charge in [-0.2, -0.15) is 0 Å². The molecule has 1 saturated carbocycles. The van der Waals surface area contributed by atoms with E-state index in [-0.39, 0.29) is 0 Å². The number of rotatable bonds is 3. The van der Waals surface area contributed by atoms with Gasteiger partial charge in [0.15, 0.2) is 0 Å². The van der Waals surface area contributed by atoms with Crippen molar-refractivity contribution >= 4 is 0 Å². The van der Waals surface area contributed by atoms with Crippen LogP contribution in [0.15, 0.2) is 0 Å². The molecule has 1 aliphatic heterocycles. The van der Waals surface area contributed by atoms with Gasteiger partial charge in [-0.3, -0.25) is 0 Å². The molecule has 0 amide bonds. The monoisotopic (exact) mass is 226 g/mol. The van der Waals surface area contributed by atoms with Crippen LogP contribution in [0.5, 0.6) is 0 Å². The standard InChI is InChI=1S/C13H26N2O/c1-11-3-2-6-13(16,9-11)10-15-12-4-7-14-8-5-12/h11-12,14-16H,2-10H2,1H3. The van der Waals surface area contributed by atoms with Crippen molar-refractivity contribution < 1.29 is 5.11 Å². The Morgan fingerprint density at radius 3 is 2.75 bits per heavy atom. The first-order valence-corrected chi connectivity index (χ1v) is 6.84. The summed E-state index contributed by atoms with van der Waals surface area (Å²) in [5, 5.41) is 17.4. The summed E-state index contributed by atoms with van der Waals surface area (Å²) < 4.78 is 0. The molecule has 0 spiro atoms. The van der Waals surface area contributed by atoms with Gasteiger partial charge in [0.25, 0.3) is 0 Å². The minimum atomic E-state index is -0.428. The quantitative estimate of drug-likeness (QED) is 0.679. The third-order valence-corrected chi connectivity index (χ3v) is 4.13. The van der Waals surface area contributed by atoms with Crippen molar-refractivity contribution in [2.75, 3.05) is 19.6 Å². The highest BCUT2D eigenvalue weighted by Gasteiger charge is 2.32. The van der Waals surface area contributed by atoms with Gasteiger partial charge in [0.2, 0.25) is 0 Å². The lowest BCUT2D eigenvalue weighted by molar-refractivity contribution is -0.0143. The normalized spacial score (nSPS) is 37.5. The van der Waals surface area contributed by atoms with Crippen LogP contribution in [-0.4, -0.2) is 36.4 Å². The van der Waals surface area contributed by atoms with Gasteiger partial charge in [0.05, 0.1) is 5.60 Å². The maximum atomic E-state index is 10.5. The van der Waals surface area contributed by atoms with Crippen molar-refractivity contribution in [3.8, 4) is 0 Å². The van der Waals surface area contributed by atoms with E-state index in [0.717, 1.165) is 32.5 Å². The van der Waals surface area contributed by atoms with E-state index >= 15 is 0 Å². The molecule has 1 saturated heterocycles. The number of aliphatic hydroxyl groups is 1. The fourth-order valence-corrected chi connectivity index (χ4v) is 3.15. The molecule has 0 aromatic carbocycles. The van der Waals surface area contributed by atoms with Crippen LogP contribution < -0.4 is 10.6 Å². The Kier molecular flexibility index (Phi) is 4.22. The van der Waals surface area contributed by atoms with Gasteiger partial charge in [0.1, 0.15) is 0 Å². The summed E-state index contributed by atoms with van der Waals surface area (Å²) in [5.41, 5.74) is -0.428. The van der Waals surface area contributed by atoms with E-state index in [2.05, 4.69) is 17.6 Å². The molecule has 0 bridgehead atoms. The van der Waals surface area contributed by atoms with E-state index in [4.69, 9.17) is 0 Å². The van der Waals surface area contributed by atoms with E-state index in [9.17, 15) is 5.11 Å². The largest absolute Gasteiger partial charge is 0.389 e. The zero-order valence-electron chi connectivity index (χ0n) is 10.5. The van der Waals surface area contributed by atoms with Gasteiger partial charge < -0.3 is 15.7 Å². The molecule has 3 nitrogen and oxygen atoms in total. The van der Waals surface area contributed by atoms with Crippen LogP contribution >= 0.6 is 0 Å². The summed E-state index contributed by atoms with van der Waals surface area (Å²) in [5.74, 6) is 0.688. The highest BCUT2D eigenvalue weighted by Crippen LogP contribution is 2.31. The fourth-order valence-electron chi connectivity index (χ4n) is 3.15. The third kappa shape index (κ3) is 3.44. The summed E-state index contributed by atoms with van der Waals surface area (Å²) in [6.07, 6.45) is 6.83. The molecule has 2 rings (SSSR count). The zero-order valence-corrected chi connectivity index (χ0v) is 10.5. The molecule has 2 fully saturated rings. The van der Waals surface area contributed by atoms with Gasteiger partial charge in [-0.25, -0.2) is 0 Å². The summed E-state index contributed by atoms with van der Waals surface area (Å²) in [7, 11) is 0. The Hall–Kier alpha value is -0.120. The zero-order chi connectivity index (χ0) is 11.4. The fraction of sp³-hybridized carbons (Fsp3) is 1.00. The molecule has 0 aromatic rings. The van der Waals surface area contributed by atoms with Crippen molar-refractivity contribution in [2.45, 2.75) is 57.1 Å². The van der Waals surface area contributed by atoms with Gasteiger partial charge in [-0.05, 0) is 44.7 Å².